The summed E-state index contributed by atoms with van der Waals surface area (Å²) < 4.78 is 1.93. The summed E-state index contributed by atoms with van der Waals surface area (Å²) in [4.78, 5) is 14.2. The topological polar surface area (TPSA) is 70.4 Å². The molecule has 2 rings (SSSR count). The molecule has 0 radical (unpaired) electrons. The lowest BCUT2D eigenvalue weighted by atomic mass is 10.2. The molecule has 0 unspecified atom stereocenters. The van der Waals surface area contributed by atoms with Gasteiger partial charge in [0.2, 0.25) is 0 Å². The third-order valence-corrected chi connectivity index (χ3v) is 4.43. The normalized spacial score (nSPS) is 10.7. The van der Waals surface area contributed by atoms with Gasteiger partial charge in [0.1, 0.15) is 0 Å². The van der Waals surface area contributed by atoms with Crippen molar-refractivity contribution in [3.63, 3.8) is 0 Å². The highest BCUT2D eigenvalue weighted by Crippen LogP contribution is 2.10. The predicted molar refractivity (Wildman–Crippen MR) is 98.4 cm³/mol. The third kappa shape index (κ3) is 5.32. The lowest BCUT2D eigenvalue weighted by molar-refractivity contribution is 0.186. The molecule has 2 N–H and O–H groups in total. The average Bonchev–Trinajstić information content (AvgIpc) is 2.86. The maximum absolute atomic E-state index is 12.5. The Morgan fingerprint density at radius 3 is 2.56 bits per heavy atom. The van der Waals surface area contributed by atoms with Gasteiger partial charge in [0.15, 0.2) is 0 Å². The van der Waals surface area contributed by atoms with Gasteiger partial charge in [-0.25, -0.2) is 4.79 Å². The summed E-state index contributed by atoms with van der Waals surface area (Å²) in [5.41, 5.74) is 4.43. The van der Waals surface area contributed by atoms with Crippen LogP contribution in [0.1, 0.15) is 28.9 Å². The van der Waals surface area contributed by atoms with E-state index in [0.29, 0.717) is 32.6 Å². The second-order valence-corrected chi connectivity index (χ2v) is 6.24. The van der Waals surface area contributed by atoms with E-state index in [9.17, 15) is 4.79 Å². The standard InChI is InChI=1S/C19H28N4O2/c1-15-16(2)21-23(17(15)3)12-10-20-19(25)22(11-7-13-24)14-18-8-5-4-6-9-18/h4-6,8-9,24H,7,10-14H2,1-3H3,(H,20,25). The van der Waals surface area contributed by atoms with Crippen molar-refractivity contribution in [3.05, 3.63) is 52.8 Å². The van der Waals surface area contributed by atoms with Crippen molar-refractivity contribution in [2.75, 3.05) is 19.7 Å². The molecule has 2 aromatic rings. The molecular formula is C19H28N4O2. The second-order valence-electron chi connectivity index (χ2n) is 6.24. The van der Waals surface area contributed by atoms with Crippen LogP contribution in [0.15, 0.2) is 30.3 Å². The molecule has 6 nitrogen and oxygen atoms in total. The molecule has 0 atom stereocenters. The Labute approximate surface area is 149 Å². The molecule has 25 heavy (non-hydrogen) atoms. The van der Waals surface area contributed by atoms with Gasteiger partial charge < -0.3 is 15.3 Å². The van der Waals surface area contributed by atoms with E-state index in [4.69, 9.17) is 5.11 Å². The van der Waals surface area contributed by atoms with Gasteiger partial charge in [-0.2, -0.15) is 5.10 Å². The van der Waals surface area contributed by atoms with Crippen LogP contribution < -0.4 is 5.32 Å². The second kappa shape index (κ2) is 9.22. The highest BCUT2D eigenvalue weighted by molar-refractivity contribution is 5.74. The maximum atomic E-state index is 12.5. The zero-order valence-corrected chi connectivity index (χ0v) is 15.3. The summed E-state index contributed by atoms with van der Waals surface area (Å²) in [6.45, 7) is 8.39. The van der Waals surface area contributed by atoms with E-state index in [2.05, 4.69) is 17.3 Å². The number of rotatable bonds is 8. The van der Waals surface area contributed by atoms with Gasteiger partial charge in [0.05, 0.1) is 12.2 Å². The first-order chi connectivity index (χ1) is 12.0. The van der Waals surface area contributed by atoms with Gasteiger partial charge in [0.25, 0.3) is 0 Å². The van der Waals surface area contributed by atoms with Gasteiger partial charge in [-0.05, 0) is 38.3 Å². The van der Waals surface area contributed by atoms with Gasteiger partial charge in [-0.15, -0.1) is 0 Å². The first-order valence-electron chi connectivity index (χ1n) is 8.71. The highest BCUT2D eigenvalue weighted by Gasteiger charge is 2.14. The number of aryl methyl sites for hydroxylation is 1. The number of nitrogens with zero attached hydrogens (tertiary/aromatic N) is 3. The molecule has 0 fully saturated rings. The molecule has 0 spiro atoms. The van der Waals surface area contributed by atoms with Gasteiger partial charge in [0, 0.05) is 31.9 Å². The minimum Gasteiger partial charge on any atom is -0.396 e. The molecule has 1 aromatic heterocycles. The third-order valence-electron chi connectivity index (χ3n) is 4.43. The van der Waals surface area contributed by atoms with Crippen molar-refractivity contribution in [2.45, 2.75) is 40.3 Å². The smallest absolute Gasteiger partial charge is 0.317 e. The number of hydrogen-bond donors (Lipinski definition) is 2. The van der Waals surface area contributed by atoms with Crippen molar-refractivity contribution < 1.29 is 9.90 Å². The van der Waals surface area contributed by atoms with Crippen LogP contribution in [0, 0.1) is 20.8 Å². The van der Waals surface area contributed by atoms with Crippen molar-refractivity contribution in [3.8, 4) is 0 Å². The number of amides is 2. The van der Waals surface area contributed by atoms with Crippen LogP contribution in [0.2, 0.25) is 0 Å². The zero-order valence-electron chi connectivity index (χ0n) is 15.3. The van der Waals surface area contributed by atoms with E-state index in [1.54, 1.807) is 4.90 Å². The van der Waals surface area contributed by atoms with Crippen LogP contribution in [-0.2, 0) is 13.1 Å². The monoisotopic (exact) mass is 344 g/mol. The van der Waals surface area contributed by atoms with Crippen LogP contribution in [0.5, 0.6) is 0 Å². The van der Waals surface area contributed by atoms with Crippen LogP contribution >= 0.6 is 0 Å². The van der Waals surface area contributed by atoms with Crippen LogP contribution in [0.25, 0.3) is 0 Å². The minimum atomic E-state index is -0.115. The SMILES string of the molecule is Cc1nn(CCNC(=O)N(CCCO)Cc2ccccc2)c(C)c1C. The molecule has 0 saturated carbocycles. The quantitative estimate of drug-likeness (QED) is 0.772. The van der Waals surface area contributed by atoms with Gasteiger partial charge >= 0.3 is 6.03 Å². The Bertz CT molecular complexity index is 682. The van der Waals surface area contributed by atoms with Crippen molar-refractivity contribution in [1.82, 2.24) is 20.0 Å². The van der Waals surface area contributed by atoms with Crippen LogP contribution in [0.3, 0.4) is 0 Å². The van der Waals surface area contributed by atoms with E-state index in [-0.39, 0.29) is 12.6 Å². The Kier molecular flexibility index (Phi) is 7.01. The minimum absolute atomic E-state index is 0.0730. The van der Waals surface area contributed by atoms with E-state index in [1.165, 1.54) is 5.56 Å². The van der Waals surface area contributed by atoms with Gasteiger partial charge in [-0.1, -0.05) is 30.3 Å². The molecule has 0 bridgehead atoms. The molecule has 6 heteroatoms. The summed E-state index contributed by atoms with van der Waals surface area (Å²) in [6.07, 6.45) is 0.566. The summed E-state index contributed by atoms with van der Waals surface area (Å²) in [6, 6.07) is 9.76. The first-order valence-corrected chi connectivity index (χ1v) is 8.71. The summed E-state index contributed by atoms with van der Waals surface area (Å²) in [5, 5.41) is 16.5. The zero-order chi connectivity index (χ0) is 18.2. The Morgan fingerprint density at radius 2 is 1.96 bits per heavy atom. The van der Waals surface area contributed by atoms with E-state index >= 15 is 0 Å². The number of benzene rings is 1. The number of urea groups is 1. The number of carbonyl (C=O) groups excluding carboxylic acids is 1. The first kappa shape index (κ1) is 19.0. The van der Waals surface area contributed by atoms with Crippen molar-refractivity contribution in [2.24, 2.45) is 0 Å². The molecule has 0 aliphatic heterocycles. The fourth-order valence-electron chi connectivity index (χ4n) is 2.70. The molecule has 2 amide bonds. The number of carbonyl (C=O) groups is 1. The largest absolute Gasteiger partial charge is 0.396 e. The summed E-state index contributed by atoms with van der Waals surface area (Å²) >= 11 is 0. The van der Waals surface area contributed by atoms with Crippen LogP contribution in [-0.4, -0.2) is 45.5 Å². The Balaban J connectivity index is 1.91. The summed E-state index contributed by atoms with van der Waals surface area (Å²) in [7, 11) is 0. The Morgan fingerprint density at radius 1 is 1.24 bits per heavy atom. The molecule has 136 valence electrons. The van der Waals surface area contributed by atoms with Crippen molar-refractivity contribution >= 4 is 6.03 Å². The van der Waals surface area contributed by atoms with Gasteiger partial charge in [-0.3, -0.25) is 4.68 Å². The summed E-state index contributed by atoms with van der Waals surface area (Å²) in [5.74, 6) is 0. The molecule has 0 aliphatic rings. The lowest BCUT2D eigenvalue weighted by Crippen LogP contribution is -2.41. The fourth-order valence-corrected chi connectivity index (χ4v) is 2.70. The number of aliphatic hydroxyl groups is 1. The van der Waals surface area contributed by atoms with Crippen molar-refractivity contribution in [1.29, 1.82) is 0 Å². The fraction of sp³-hybridized carbons (Fsp3) is 0.474. The lowest BCUT2D eigenvalue weighted by Gasteiger charge is -2.23. The number of hydrogen-bond acceptors (Lipinski definition) is 3. The van der Waals surface area contributed by atoms with E-state index in [1.807, 2.05) is 48.9 Å². The number of nitrogens with one attached hydrogen (secondary N) is 1. The van der Waals surface area contributed by atoms with E-state index in [0.717, 1.165) is 17.0 Å². The number of aliphatic hydroxyl groups excluding tert-OH is 1. The number of aromatic nitrogens is 2. The Hall–Kier alpha value is -2.34. The molecule has 0 aliphatic carbocycles. The molecule has 1 aromatic carbocycles. The molecular weight excluding hydrogens is 316 g/mol. The average molecular weight is 344 g/mol. The predicted octanol–water partition coefficient (Wildman–Crippen LogP) is 2.40. The molecule has 1 heterocycles. The van der Waals surface area contributed by atoms with E-state index < -0.39 is 0 Å². The maximum Gasteiger partial charge on any atom is 0.317 e. The van der Waals surface area contributed by atoms with Crippen LogP contribution in [0.4, 0.5) is 4.79 Å². The highest BCUT2D eigenvalue weighted by atomic mass is 16.3. The molecule has 0 saturated heterocycles.